The Kier molecular flexibility index (Phi) is 5.27. The van der Waals surface area contributed by atoms with E-state index in [4.69, 9.17) is 4.42 Å². The fourth-order valence-electron chi connectivity index (χ4n) is 3.09. The predicted octanol–water partition coefficient (Wildman–Crippen LogP) is 3.73. The van der Waals surface area contributed by atoms with E-state index in [0.717, 1.165) is 10.4 Å². The highest BCUT2D eigenvalue weighted by molar-refractivity contribution is 7.10. The van der Waals surface area contributed by atoms with Crippen LogP contribution in [0.5, 0.6) is 0 Å². The van der Waals surface area contributed by atoms with E-state index in [2.05, 4.69) is 17.2 Å². The monoisotopic (exact) mass is 390 g/mol. The van der Waals surface area contributed by atoms with Gasteiger partial charge < -0.3 is 14.6 Å². The number of hydrogen-bond donors (Lipinski definition) is 1. The van der Waals surface area contributed by atoms with Crippen LogP contribution in [-0.2, 0) is 16.1 Å². The van der Waals surface area contributed by atoms with E-state index in [0.29, 0.717) is 24.5 Å². The number of thiophene rings is 1. The number of carbonyl (C=O) groups excluding carboxylic acids is 2. The molecule has 1 saturated heterocycles. The molecule has 140 valence electrons. The van der Waals surface area contributed by atoms with Crippen molar-refractivity contribution in [2.75, 3.05) is 11.9 Å². The van der Waals surface area contributed by atoms with E-state index in [1.165, 1.54) is 0 Å². The highest BCUT2D eigenvalue weighted by Crippen LogP contribution is 2.22. The lowest BCUT2D eigenvalue weighted by Crippen LogP contribution is -2.27. The van der Waals surface area contributed by atoms with Gasteiger partial charge in [0.15, 0.2) is 0 Å². The number of benzene rings is 1. The summed E-state index contributed by atoms with van der Waals surface area (Å²) in [4.78, 5) is 27.5. The minimum Gasteiger partial charge on any atom is -0.467 e. The van der Waals surface area contributed by atoms with Crippen LogP contribution in [0.15, 0.2) is 64.6 Å². The lowest BCUT2D eigenvalue weighted by molar-refractivity contribution is -0.128. The highest BCUT2D eigenvalue weighted by Gasteiger charge is 2.34. The van der Waals surface area contributed by atoms with Gasteiger partial charge in [-0.25, -0.2) is 0 Å². The summed E-state index contributed by atoms with van der Waals surface area (Å²) >= 11 is 1.59. The highest BCUT2D eigenvalue weighted by atomic mass is 32.1. The van der Waals surface area contributed by atoms with Crippen molar-refractivity contribution in [3.8, 4) is 11.8 Å². The maximum absolute atomic E-state index is 12.6. The van der Waals surface area contributed by atoms with Gasteiger partial charge in [-0.3, -0.25) is 9.59 Å². The van der Waals surface area contributed by atoms with Crippen LogP contribution in [0.1, 0.15) is 22.6 Å². The minimum atomic E-state index is -0.372. The summed E-state index contributed by atoms with van der Waals surface area (Å²) in [5.41, 5.74) is 1.51. The number of amides is 2. The van der Waals surface area contributed by atoms with Crippen molar-refractivity contribution in [2.45, 2.75) is 13.0 Å². The second-order valence-electron chi connectivity index (χ2n) is 6.55. The fourth-order valence-corrected chi connectivity index (χ4v) is 3.66. The third kappa shape index (κ3) is 4.33. The molecule has 1 aliphatic rings. The maximum atomic E-state index is 12.6. The molecule has 0 aliphatic carbocycles. The number of furan rings is 1. The normalized spacial score (nSPS) is 15.9. The molecule has 0 bridgehead atoms. The molecule has 28 heavy (non-hydrogen) atoms. The molecule has 1 fully saturated rings. The van der Waals surface area contributed by atoms with Crippen molar-refractivity contribution in [2.24, 2.45) is 5.92 Å². The van der Waals surface area contributed by atoms with Gasteiger partial charge in [0.05, 0.1) is 23.6 Å². The molecular formula is C22H18N2O3S. The number of likely N-dealkylation sites (tertiary alicyclic amines) is 1. The smallest absolute Gasteiger partial charge is 0.229 e. The summed E-state index contributed by atoms with van der Waals surface area (Å²) in [7, 11) is 0. The number of nitrogens with one attached hydrogen (secondary N) is 1. The van der Waals surface area contributed by atoms with Gasteiger partial charge in [-0.2, -0.15) is 0 Å². The number of carbonyl (C=O) groups is 2. The van der Waals surface area contributed by atoms with Gasteiger partial charge in [0, 0.05) is 24.2 Å². The van der Waals surface area contributed by atoms with E-state index in [9.17, 15) is 9.59 Å². The Labute approximate surface area is 167 Å². The molecule has 5 nitrogen and oxygen atoms in total. The topological polar surface area (TPSA) is 62.6 Å². The van der Waals surface area contributed by atoms with Crippen molar-refractivity contribution in [3.05, 3.63) is 76.4 Å². The molecule has 4 rings (SSSR count). The summed E-state index contributed by atoms with van der Waals surface area (Å²) in [6.07, 6.45) is 1.79. The Morgan fingerprint density at radius 2 is 2.14 bits per heavy atom. The minimum absolute atomic E-state index is 0.0351. The standard InChI is InChI=1S/C22H18N2O3S/c25-21-13-17(14-24(21)15-19-6-2-10-27-19)22(26)23-18-5-1-4-16(12-18)8-9-20-7-3-11-28-20/h1-7,10-12,17H,13-15H2,(H,23,26)/t17-/m1/s1. The van der Waals surface area contributed by atoms with E-state index in [1.807, 2.05) is 47.8 Å². The number of anilines is 1. The van der Waals surface area contributed by atoms with Gasteiger partial charge in [-0.05, 0) is 41.8 Å². The van der Waals surface area contributed by atoms with Crippen LogP contribution in [0.3, 0.4) is 0 Å². The van der Waals surface area contributed by atoms with Crippen LogP contribution in [0.2, 0.25) is 0 Å². The molecule has 1 atom stereocenters. The molecule has 3 heterocycles. The Morgan fingerprint density at radius 1 is 1.21 bits per heavy atom. The van der Waals surface area contributed by atoms with Gasteiger partial charge in [-0.15, -0.1) is 11.3 Å². The van der Waals surface area contributed by atoms with Gasteiger partial charge in [0.1, 0.15) is 5.76 Å². The zero-order valence-electron chi connectivity index (χ0n) is 15.1. The van der Waals surface area contributed by atoms with Crippen LogP contribution >= 0.6 is 11.3 Å². The predicted molar refractivity (Wildman–Crippen MR) is 108 cm³/mol. The molecule has 0 saturated carbocycles. The van der Waals surface area contributed by atoms with Gasteiger partial charge in [0.25, 0.3) is 0 Å². The molecule has 1 N–H and O–H groups in total. The van der Waals surface area contributed by atoms with Crippen LogP contribution in [0, 0.1) is 17.8 Å². The third-order valence-corrected chi connectivity index (χ3v) is 5.28. The first kappa shape index (κ1) is 18.1. The maximum Gasteiger partial charge on any atom is 0.229 e. The molecule has 6 heteroatoms. The zero-order valence-corrected chi connectivity index (χ0v) is 15.9. The summed E-state index contributed by atoms with van der Waals surface area (Å²) < 4.78 is 5.29. The number of hydrogen-bond acceptors (Lipinski definition) is 4. The van der Waals surface area contributed by atoms with Crippen molar-refractivity contribution in [1.29, 1.82) is 0 Å². The molecular weight excluding hydrogens is 372 g/mol. The molecule has 0 spiro atoms. The first-order valence-corrected chi connectivity index (χ1v) is 9.82. The molecule has 0 unspecified atom stereocenters. The van der Waals surface area contributed by atoms with Crippen LogP contribution in [-0.4, -0.2) is 23.3 Å². The second-order valence-corrected chi connectivity index (χ2v) is 7.50. The first-order valence-electron chi connectivity index (χ1n) is 8.94. The van der Waals surface area contributed by atoms with Crippen LogP contribution < -0.4 is 5.32 Å². The molecule has 3 aromatic rings. The van der Waals surface area contributed by atoms with E-state index >= 15 is 0 Å². The van der Waals surface area contributed by atoms with Crippen molar-refractivity contribution >= 4 is 28.8 Å². The summed E-state index contributed by atoms with van der Waals surface area (Å²) in [5, 5.41) is 4.90. The Morgan fingerprint density at radius 3 is 2.93 bits per heavy atom. The van der Waals surface area contributed by atoms with Crippen molar-refractivity contribution in [1.82, 2.24) is 4.90 Å². The lowest BCUT2D eigenvalue weighted by Gasteiger charge is -2.15. The molecule has 0 radical (unpaired) electrons. The molecule has 1 aromatic carbocycles. The Hall–Kier alpha value is -3.30. The average molecular weight is 390 g/mol. The van der Waals surface area contributed by atoms with Crippen LogP contribution in [0.25, 0.3) is 0 Å². The van der Waals surface area contributed by atoms with Crippen molar-refractivity contribution in [3.63, 3.8) is 0 Å². The second kappa shape index (κ2) is 8.15. The average Bonchev–Trinajstić information content (AvgIpc) is 3.44. The van der Waals surface area contributed by atoms with E-state index in [1.54, 1.807) is 28.6 Å². The first-order chi connectivity index (χ1) is 13.7. The Bertz CT molecular complexity index is 1030. The molecule has 2 aromatic heterocycles. The quantitative estimate of drug-likeness (QED) is 0.691. The number of nitrogens with zero attached hydrogens (tertiary/aromatic N) is 1. The molecule has 1 aliphatic heterocycles. The fraction of sp³-hybridized carbons (Fsp3) is 0.182. The van der Waals surface area contributed by atoms with Gasteiger partial charge in [-0.1, -0.05) is 24.0 Å². The summed E-state index contributed by atoms with van der Waals surface area (Å²) in [5.74, 6) is 6.36. The molecule has 2 amide bonds. The lowest BCUT2D eigenvalue weighted by atomic mass is 10.1. The van der Waals surface area contributed by atoms with Gasteiger partial charge >= 0.3 is 0 Å². The van der Waals surface area contributed by atoms with E-state index in [-0.39, 0.29) is 24.2 Å². The van der Waals surface area contributed by atoms with Gasteiger partial charge in [0.2, 0.25) is 11.8 Å². The third-order valence-electron chi connectivity index (χ3n) is 4.49. The number of rotatable bonds is 4. The zero-order chi connectivity index (χ0) is 19.3. The summed E-state index contributed by atoms with van der Waals surface area (Å²) in [6, 6.07) is 15.0. The van der Waals surface area contributed by atoms with Crippen LogP contribution in [0.4, 0.5) is 5.69 Å². The van der Waals surface area contributed by atoms with E-state index < -0.39 is 0 Å². The summed E-state index contributed by atoms with van der Waals surface area (Å²) in [6.45, 7) is 0.784. The largest absolute Gasteiger partial charge is 0.467 e. The van der Waals surface area contributed by atoms with Crippen molar-refractivity contribution < 1.29 is 14.0 Å². The Balaban J connectivity index is 1.38. The SMILES string of the molecule is O=C(Nc1cccc(C#Cc2cccs2)c1)[C@@H]1CC(=O)N(Cc2ccco2)C1.